The van der Waals surface area contributed by atoms with Crippen LogP contribution in [0.3, 0.4) is 0 Å². The van der Waals surface area contributed by atoms with Gasteiger partial charge in [0.05, 0.1) is 0 Å². The van der Waals surface area contributed by atoms with Crippen LogP contribution in [0.5, 0.6) is 0 Å². The molecular weight excluding hydrogens is 184 g/mol. The van der Waals surface area contributed by atoms with Crippen LogP contribution in [0.4, 0.5) is 0 Å². The second kappa shape index (κ2) is 4.06. The average molecular weight is 210 g/mol. The zero-order chi connectivity index (χ0) is 11.1. The molecule has 2 unspecified atom stereocenters. The first-order valence-electron chi connectivity index (χ1n) is 6.45. The van der Waals surface area contributed by atoms with Crippen molar-refractivity contribution >= 4 is 0 Å². The van der Waals surface area contributed by atoms with E-state index >= 15 is 0 Å². The lowest BCUT2D eigenvalue weighted by Gasteiger charge is -2.31. The molecule has 2 aliphatic rings. The quantitative estimate of drug-likeness (QED) is 0.767. The molecule has 0 bridgehead atoms. The molecule has 1 aliphatic carbocycles. The van der Waals surface area contributed by atoms with Crippen LogP contribution in [0.25, 0.3) is 0 Å². The molecule has 0 aromatic heterocycles. The number of nitrogens with one attached hydrogen (secondary N) is 1. The van der Waals surface area contributed by atoms with E-state index in [1.165, 1.54) is 32.5 Å². The first-order valence-corrected chi connectivity index (χ1v) is 6.45. The van der Waals surface area contributed by atoms with Crippen LogP contribution in [0.1, 0.15) is 40.5 Å². The third-order valence-corrected chi connectivity index (χ3v) is 3.96. The van der Waals surface area contributed by atoms with Gasteiger partial charge >= 0.3 is 0 Å². The van der Waals surface area contributed by atoms with Crippen molar-refractivity contribution in [3.05, 3.63) is 0 Å². The highest BCUT2D eigenvalue weighted by Crippen LogP contribution is 2.29. The SMILES string of the molecule is CC1CN(C(C)(C)C)CC1CNC1CC1. The minimum atomic E-state index is 0.350. The second-order valence-electron chi connectivity index (χ2n) is 6.50. The van der Waals surface area contributed by atoms with Crippen molar-refractivity contribution in [3.8, 4) is 0 Å². The van der Waals surface area contributed by atoms with Gasteiger partial charge in [-0.05, 0) is 52.0 Å². The van der Waals surface area contributed by atoms with Crippen molar-refractivity contribution in [2.24, 2.45) is 11.8 Å². The van der Waals surface area contributed by atoms with Crippen LogP contribution in [0.2, 0.25) is 0 Å². The maximum atomic E-state index is 3.67. The van der Waals surface area contributed by atoms with Gasteiger partial charge in [-0.2, -0.15) is 0 Å². The fourth-order valence-corrected chi connectivity index (χ4v) is 2.45. The van der Waals surface area contributed by atoms with Crippen molar-refractivity contribution in [2.75, 3.05) is 19.6 Å². The Kier molecular flexibility index (Phi) is 3.09. The number of nitrogens with zero attached hydrogens (tertiary/aromatic N) is 1. The molecule has 1 saturated carbocycles. The maximum absolute atomic E-state index is 3.67. The van der Waals surface area contributed by atoms with E-state index in [9.17, 15) is 0 Å². The van der Waals surface area contributed by atoms with Gasteiger partial charge in [0.1, 0.15) is 0 Å². The van der Waals surface area contributed by atoms with Gasteiger partial charge in [0.25, 0.3) is 0 Å². The summed E-state index contributed by atoms with van der Waals surface area (Å²) in [7, 11) is 0. The number of rotatable bonds is 3. The normalized spacial score (nSPS) is 33.6. The highest BCUT2D eigenvalue weighted by atomic mass is 15.2. The first-order chi connectivity index (χ1) is 6.97. The lowest BCUT2D eigenvalue weighted by atomic mass is 9.98. The van der Waals surface area contributed by atoms with Crippen LogP contribution in [0.15, 0.2) is 0 Å². The lowest BCUT2D eigenvalue weighted by Crippen LogP contribution is -2.40. The summed E-state index contributed by atoms with van der Waals surface area (Å²) in [6.45, 7) is 13.2. The van der Waals surface area contributed by atoms with Gasteiger partial charge in [0.2, 0.25) is 0 Å². The Balaban J connectivity index is 1.80. The van der Waals surface area contributed by atoms with E-state index in [0.29, 0.717) is 5.54 Å². The summed E-state index contributed by atoms with van der Waals surface area (Å²) in [5.74, 6) is 1.72. The van der Waals surface area contributed by atoms with Crippen molar-refractivity contribution in [1.29, 1.82) is 0 Å². The number of hydrogen-bond donors (Lipinski definition) is 1. The van der Waals surface area contributed by atoms with Crippen molar-refractivity contribution < 1.29 is 0 Å². The Morgan fingerprint density at radius 3 is 2.33 bits per heavy atom. The summed E-state index contributed by atoms with van der Waals surface area (Å²) in [6, 6.07) is 0.862. The zero-order valence-electron chi connectivity index (χ0n) is 10.7. The molecule has 2 nitrogen and oxygen atoms in total. The van der Waals surface area contributed by atoms with E-state index in [1.54, 1.807) is 0 Å². The van der Waals surface area contributed by atoms with Crippen molar-refractivity contribution in [3.63, 3.8) is 0 Å². The Morgan fingerprint density at radius 1 is 1.20 bits per heavy atom. The van der Waals surface area contributed by atoms with E-state index in [0.717, 1.165) is 17.9 Å². The molecule has 2 fully saturated rings. The Morgan fingerprint density at radius 2 is 1.87 bits per heavy atom. The predicted octanol–water partition coefficient (Wildman–Crippen LogP) is 2.10. The molecule has 1 aliphatic heterocycles. The third-order valence-electron chi connectivity index (χ3n) is 3.96. The van der Waals surface area contributed by atoms with E-state index in [2.05, 4.69) is 37.9 Å². The summed E-state index contributed by atoms with van der Waals surface area (Å²) in [6.07, 6.45) is 2.81. The van der Waals surface area contributed by atoms with Crippen LogP contribution in [-0.2, 0) is 0 Å². The standard InChI is InChI=1S/C13H26N2/c1-10-8-15(13(2,3)4)9-11(10)7-14-12-5-6-12/h10-12,14H,5-9H2,1-4H3. The number of likely N-dealkylation sites (tertiary alicyclic amines) is 1. The monoisotopic (exact) mass is 210 g/mol. The predicted molar refractivity (Wildman–Crippen MR) is 65.0 cm³/mol. The van der Waals surface area contributed by atoms with E-state index in [4.69, 9.17) is 0 Å². The molecule has 1 heterocycles. The van der Waals surface area contributed by atoms with E-state index in [-0.39, 0.29) is 0 Å². The molecule has 88 valence electrons. The summed E-state index contributed by atoms with van der Waals surface area (Å²) < 4.78 is 0. The smallest absolute Gasteiger partial charge is 0.0125 e. The van der Waals surface area contributed by atoms with Gasteiger partial charge in [-0.25, -0.2) is 0 Å². The molecular formula is C13H26N2. The fraction of sp³-hybridized carbons (Fsp3) is 1.00. The molecule has 15 heavy (non-hydrogen) atoms. The second-order valence-corrected chi connectivity index (χ2v) is 6.50. The van der Waals surface area contributed by atoms with Gasteiger partial charge < -0.3 is 5.32 Å². The highest BCUT2D eigenvalue weighted by molar-refractivity contribution is 4.91. The molecule has 1 saturated heterocycles. The number of hydrogen-bond acceptors (Lipinski definition) is 2. The Hall–Kier alpha value is -0.0800. The molecule has 0 spiro atoms. The third kappa shape index (κ3) is 2.94. The van der Waals surface area contributed by atoms with Crippen LogP contribution >= 0.6 is 0 Å². The summed E-state index contributed by atoms with van der Waals surface area (Å²) in [4.78, 5) is 2.64. The molecule has 0 aromatic carbocycles. The fourth-order valence-electron chi connectivity index (χ4n) is 2.45. The minimum absolute atomic E-state index is 0.350. The van der Waals surface area contributed by atoms with Crippen LogP contribution in [0, 0.1) is 11.8 Å². The molecule has 2 atom stereocenters. The molecule has 2 rings (SSSR count). The molecule has 2 heteroatoms. The molecule has 0 amide bonds. The van der Waals surface area contributed by atoms with Gasteiger partial charge in [-0.3, -0.25) is 4.90 Å². The summed E-state index contributed by atoms with van der Waals surface area (Å²) in [5, 5.41) is 3.67. The van der Waals surface area contributed by atoms with Crippen LogP contribution in [-0.4, -0.2) is 36.1 Å². The van der Waals surface area contributed by atoms with E-state index < -0.39 is 0 Å². The van der Waals surface area contributed by atoms with Gasteiger partial charge in [-0.15, -0.1) is 0 Å². The summed E-state index contributed by atoms with van der Waals surface area (Å²) >= 11 is 0. The summed E-state index contributed by atoms with van der Waals surface area (Å²) in [5.41, 5.74) is 0.350. The molecule has 0 radical (unpaired) electrons. The highest BCUT2D eigenvalue weighted by Gasteiger charge is 2.35. The van der Waals surface area contributed by atoms with E-state index in [1.807, 2.05) is 0 Å². The van der Waals surface area contributed by atoms with Gasteiger partial charge in [-0.1, -0.05) is 6.92 Å². The Labute approximate surface area is 94.4 Å². The van der Waals surface area contributed by atoms with Gasteiger partial charge in [0.15, 0.2) is 0 Å². The maximum Gasteiger partial charge on any atom is 0.0125 e. The average Bonchev–Trinajstić information content (AvgIpc) is 2.86. The minimum Gasteiger partial charge on any atom is -0.314 e. The molecule has 1 N–H and O–H groups in total. The lowest BCUT2D eigenvalue weighted by molar-refractivity contribution is 0.165. The van der Waals surface area contributed by atoms with Crippen molar-refractivity contribution in [1.82, 2.24) is 10.2 Å². The van der Waals surface area contributed by atoms with Gasteiger partial charge in [0, 0.05) is 24.7 Å². The zero-order valence-corrected chi connectivity index (χ0v) is 10.7. The largest absolute Gasteiger partial charge is 0.314 e. The molecule has 0 aromatic rings. The Bertz CT molecular complexity index is 215. The van der Waals surface area contributed by atoms with Crippen LogP contribution < -0.4 is 5.32 Å². The van der Waals surface area contributed by atoms with Crippen molar-refractivity contribution in [2.45, 2.75) is 52.1 Å². The first kappa shape index (κ1) is 11.4. The topological polar surface area (TPSA) is 15.3 Å².